The molecule has 0 bridgehead atoms. The highest BCUT2D eigenvalue weighted by Gasteiger charge is 2.09. The van der Waals surface area contributed by atoms with E-state index in [-0.39, 0.29) is 6.61 Å². The predicted molar refractivity (Wildman–Crippen MR) is 92.1 cm³/mol. The molecule has 0 saturated heterocycles. The summed E-state index contributed by atoms with van der Waals surface area (Å²) in [4.78, 5) is 23.4. The van der Waals surface area contributed by atoms with Gasteiger partial charge in [-0.3, -0.25) is 4.79 Å². The van der Waals surface area contributed by atoms with Crippen LogP contribution in [0.25, 0.3) is 0 Å². The molecule has 0 radical (unpaired) electrons. The number of hydrogen-bond acceptors (Lipinski definition) is 5. The van der Waals surface area contributed by atoms with Gasteiger partial charge < -0.3 is 14.8 Å². The number of aryl methyl sites for hydroxylation is 1. The average Bonchev–Trinajstić information content (AvgIpc) is 2.65. The highest BCUT2D eigenvalue weighted by atomic mass is 16.6. The lowest BCUT2D eigenvalue weighted by Gasteiger charge is -2.08. The van der Waals surface area contributed by atoms with Crippen molar-refractivity contribution in [3.63, 3.8) is 0 Å². The van der Waals surface area contributed by atoms with E-state index in [0.29, 0.717) is 17.0 Å². The summed E-state index contributed by atoms with van der Waals surface area (Å²) >= 11 is 0. The molecule has 25 heavy (non-hydrogen) atoms. The zero-order valence-electron chi connectivity index (χ0n) is 13.8. The third-order valence-corrected chi connectivity index (χ3v) is 3.33. The minimum atomic E-state index is -0.638. The normalized spacial score (nSPS) is 9.76. The van der Waals surface area contributed by atoms with E-state index in [0.717, 1.165) is 6.42 Å². The van der Waals surface area contributed by atoms with Gasteiger partial charge in [-0.15, -0.1) is 0 Å². The fourth-order valence-electron chi connectivity index (χ4n) is 2.01. The molecule has 2 rings (SSSR count). The lowest BCUT2D eigenvalue weighted by Crippen LogP contribution is -2.23. The maximum absolute atomic E-state index is 11.7. The smallest absolute Gasteiger partial charge is 0.344 e. The number of hydrogen-bond donors (Lipinski definition) is 1. The van der Waals surface area contributed by atoms with Crippen LogP contribution in [0.15, 0.2) is 48.5 Å². The van der Waals surface area contributed by atoms with Crippen molar-refractivity contribution >= 4 is 17.6 Å². The van der Waals surface area contributed by atoms with Crippen LogP contribution in [0, 0.1) is 11.3 Å². The molecular weight excluding hydrogens is 320 g/mol. The topological polar surface area (TPSA) is 88.4 Å². The Balaban J connectivity index is 1.73. The van der Waals surface area contributed by atoms with Crippen molar-refractivity contribution in [2.24, 2.45) is 0 Å². The Morgan fingerprint density at radius 1 is 1.12 bits per heavy atom. The third-order valence-electron chi connectivity index (χ3n) is 3.33. The number of benzene rings is 2. The zero-order valence-corrected chi connectivity index (χ0v) is 13.8. The first-order chi connectivity index (χ1) is 12.1. The summed E-state index contributed by atoms with van der Waals surface area (Å²) in [6.45, 7) is 1.35. The molecule has 1 N–H and O–H groups in total. The quantitative estimate of drug-likeness (QED) is 0.784. The Bertz CT molecular complexity index is 779. The second-order valence-corrected chi connectivity index (χ2v) is 5.19. The highest BCUT2D eigenvalue weighted by Crippen LogP contribution is 2.12. The minimum absolute atomic E-state index is 0.275. The first-order valence-corrected chi connectivity index (χ1v) is 7.78. The number of nitriles is 1. The number of nitrogens with one attached hydrogen (secondary N) is 1. The summed E-state index contributed by atoms with van der Waals surface area (Å²) in [5, 5.41) is 11.4. The van der Waals surface area contributed by atoms with E-state index in [1.54, 1.807) is 30.3 Å². The number of carbonyl (C=O) groups excluding carboxylic acids is 2. The Morgan fingerprint density at radius 3 is 2.56 bits per heavy atom. The van der Waals surface area contributed by atoms with Crippen LogP contribution in [0.4, 0.5) is 5.69 Å². The number of carbonyl (C=O) groups is 2. The monoisotopic (exact) mass is 338 g/mol. The molecule has 128 valence electrons. The summed E-state index contributed by atoms with van der Waals surface area (Å²) in [5.74, 6) is -0.567. The molecular formula is C19H18N2O4. The molecule has 0 heterocycles. The van der Waals surface area contributed by atoms with E-state index in [1.807, 2.05) is 18.2 Å². The largest absolute Gasteiger partial charge is 0.482 e. The van der Waals surface area contributed by atoms with Crippen LogP contribution in [0.1, 0.15) is 18.1 Å². The van der Waals surface area contributed by atoms with Crippen molar-refractivity contribution in [2.75, 3.05) is 18.5 Å². The first-order valence-electron chi connectivity index (χ1n) is 7.78. The second kappa shape index (κ2) is 9.08. The number of nitrogens with zero attached hydrogens (tertiary/aromatic N) is 1. The van der Waals surface area contributed by atoms with Crippen molar-refractivity contribution in [2.45, 2.75) is 13.3 Å². The van der Waals surface area contributed by atoms with E-state index >= 15 is 0 Å². The molecule has 0 unspecified atom stereocenters. The van der Waals surface area contributed by atoms with Gasteiger partial charge in [0.15, 0.2) is 13.2 Å². The fourth-order valence-corrected chi connectivity index (χ4v) is 2.01. The molecule has 0 saturated carbocycles. The van der Waals surface area contributed by atoms with Gasteiger partial charge in [0.1, 0.15) is 5.75 Å². The molecule has 0 aliphatic carbocycles. The van der Waals surface area contributed by atoms with E-state index < -0.39 is 18.5 Å². The fraction of sp³-hybridized carbons (Fsp3) is 0.211. The molecule has 0 aliphatic rings. The molecule has 0 atom stereocenters. The summed E-state index contributed by atoms with van der Waals surface area (Å²) in [6, 6.07) is 15.8. The molecule has 0 aromatic heterocycles. The van der Waals surface area contributed by atoms with Gasteiger partial charge in [0.05, 0.1) is 11.6 Å². The van der Waals surface area contributed by atoms with E-state index in [2.05, 4.69) is 12.2 Å². The molecule has 1 amide bonds. The Kier molecular flexibility index (Phi) is 6.55. The van der Waals surface area contributed by atoms with Gasteiger partial charge in [-0.25, -0.2) is 4.79 Å². The molecule has 6 nitrogen and oxygen atoms in total. The summed E-state index contributed by atoms with van der Waals surface area (Å²) in [5.41, 5.74) is 2.07. The third kappa shape index (κ3) is 5.99. The van der Waals surface area contributed by atoms with Gasteiger partial charge in [-0.2, -0.15) is 5.26 Å². The lowest BCUT2D eigenvalue weighted by atomic mass is 10.2. The van der Waals surface area contributed by atoms with E-state index in [1.165, 1.54) is 11.6 Å². The maximum Gasteiger partial charge on any atom is 0.344 e. The second-order valence-electron chi connectivity index (χ2n) is 5.19. The van der Waals surface area contributed by atoms with Crippen LogP contribution in [-0.4, -0.2) is 25.1 Å². The minimum Gasteiger partial charge on any atom is -0.482 e. The molecule has 2 aromatic rings. The van der Waals surface area contributed by atoms with Crippen LogP contribution in [0.3, 0.4) is 0 Å². The number of ether oxygens (including phenoxy) is 2. The van der Waals surface area contributed by atoms with Crippen molar-refractivity contribution in [1.82, 2.24) is 0 Å². The molecule has 0 spiro atoms. The average molecular weight is 338 g/mol. The van der Waals surface area contributed by atoms with Crippen molar-refractivity contribution in [1.29, 1.82) is 5.26 Å². The first kappa shape index (κ1) is 18.0. The molecule has 0 aliphatic heterocycles. The number of anilines is 1. The van der Waals surface area contributed by atoms with Gasteiger partial charge in [-0.05, 0) is 42.3 Å². The SMILES string of the molecule is CCc1ccc(OCC(=O)OCC(=O)Nc2cccc(C#N)c2)cc1. The summed E-state index contributed by atoms with van der Waals surface area (Å²) in [6.07, 6.45) is 0.925. The van der Waals surface area contributed by atoms with Crippen LogP contribution < -0.4 is 10.1 Å². The van der Waals surface area contributed by atoms with Crippen LogP contribution >= 0.6 is 0 Å². The summed E-state index contributed by atoms with van der Waals surface area (Å²) < 4.78 is 10.2. The van der Waals surface area contributed by atoms with Gasteiger partial charge in [0.25, 0.3) is 5.91 Å². The van der Waals surface area contributed by atoms with Crippen LogP contribution in [-0.2, 0) is 20.7 Å². The van der Waals surface area contributed by atoms with Gasteiger partial charge in [0, 0.05) is 5.69 Å². The van der Waals surface area contributed by atoms with Gasteiger partial charge in [0.2, 0.25) is 0 Å². The molecule has 0 fully saturated rings. The molecule has 6 heteroatoms. The highest BCUT2D eigenvalue weighted by molar-refractivity contribution is 5.93. The predicted octanol–water partition coefficient (Wildman–Crippen LogP) is 2.68. The van der Waals surface area contributed by atoms with Gasteiger partial charge in [-0.1, -0.05) is 25.1 Å². The Hall–Kier alpha value is -3.33. The Morgan fingerprint density at radius 2 is 1.88 bits per heavy atom. The maximum atomic E-state index is 11.7. The van der Waals surface area contributed by atoms with E-state index in [4.69, 9.17) is 14.7 Å². The van der Waals surface area contributed by atoms with Crippen LogP contribution in [0.2, 0.25) is 0 Å². The van der Waals surface area contributed by atoms with E-state index in [9.17, 15) is 9.59 Å². The van der Waals surface area contributed by atoms with Gasteiger partial charge >= 0.3 is 5.97 Å². The number of amides is 1. The van der Waals surface area contributed by atoms with Crippen molar-refractivity contribution in [3.05, 3.63) is 59.7 Å². The standard InChI is InChI=1S/C19H18N2O4/c1-2-14-6-8-17(9-7-14)24-13-19(23)25-12-18(22)21-16-5-3-4-15(10-16)11-20/h3-10H,2,12-13H2,1H3,(H,21,22). The Labute approximate surface area is 146 Å². The van der Waals surface area contributed by atoms with Crippen molar-refractivity contribution < 1.29 is 19.1 Å². The number of esters is 1. The number of rotatable bonds is 7. The lowest BCUT2D eigenvalue weighted by molar-refractivity contribution is -0.149. The van der Waals surface area contributed by atoms with Crippen LogP contribution in [0.5, 0.6) is 5.75 Å². The molecule has 2 aromatic carbocycles. The summed E-state index contributed by atoms with van der Waals surface area (Å²) in [7, 11) is 0. The van der Waals surface area contributed by atoms with Crippen molar-refractivity contribution in [3.8, 4) is 11.8 Å². The zero-order chi connectivity index (χ0) is 18.1.